The summed E-state index contributed by atoms with van der Waals surface area (Å²) in [6.07, 6.45) is -8.59. The Bertz CT molecular complexity index is 346. The highest BCUT2D eigenvalue weighted by Gasteiger charge is 2.49. The van der Waals surface area contributed by atoms with Crippen LogP contribution >= 0.6 is 0 Å². The summed E-state index contributed by atoms with van der Waals surface area (Å²) in [7, 11) is 0. The summed E-state index contributed by atoms with van der Waals surface area (Å²) in [6.45, 7) is 0. The molecule has 1 atom stereocenters. The fourth-order valence-corrected chi connectivity index (χ4v) is 2.57. The third kappa shape index (κ3) is 4.56. The Morgan fingerprint density at radius 1 is 1.10 bits per heavy atom. The minimum Gasteiger partial charge on any atom is -0.367 e. The SMILES string of the molecule is NC(=O)C(F)(CCCC(F)(F)F)C1CCC(F)(F)CC1. The van der Waals surface area contributed by atoms with Gasteiger partial charge in [0.15, 0.2) is 5.67 Å². The summed E-state index contributed by atoms with van der Waals surface area (Å²) < 4.78 is 76.6. The van der Waals surface area contributed by atoms with Crippen LogP contribution in [0.1, 0.15) is 44.9 Å². The van der Waals surface area contributed by atoms with Crippen molar-refractivity contribution in [1.29, 1.82) is 0 Å². The Morgan fingerprint density at radius 2 is 1.60 bits per heavy atom. The predicted molar refractivity (Wildman–Crippen MR) is 59.8 cm³/mol. The van der Waals surface area contributed by atoms with Gasteiger partial charge in [-0.15, -0.1) is 0 Å². The van der Waals surface area contributed by atoms with Crippen LogP contribution in [0.15, 0.2) is 0 Å². The molecule has 1 unspecified atom stereocenters. The monoisotopic (exact) mass is 305 g/mol. The van der Waals surface area contributed by atoms with Gasteiger partial charge in [0, 0.05) is 25.2 Å². The second-order valence-electron chi connectivity index (χ2n) is 5.33. The lowest BCUT2D eigenvalue weighted by molar-refractivity contribution is -0.146. The summed E-state index contributed by atoms with van der Waals surface area (Å²) in [4.78, 5) is 11.2. The first-order valence-corrected chi connectivity index (χ1v) is 6.40. The first-order valence-electron chi connectivity index (χ1n) is 6.40. The predicted octanol–water partition coefficient (Wildman–Crippen LogP) is 3.74. The number of alkyl halides is 6. The van der Waals surface area contributed by atoms with Crippen LogP contribution in [0.3, 0.4) is 0 Å². The second-order valence-corrected chi connectivity index (χ2v) is 5.33. The molecule has 20 heavy (non-hydrogen) atoms. The summed E-state index contributed by atoms with van der Waals surface area (Å²) >= 11 is 0. The lowest BCUT2D eigenvalue weighted by atomic mass is 9.74. The van der Waals surface area contributed by atoms with E-state index in [-0.39, 0.29) is 12.8 Å². The zero-order valence-corrected chi connectivity index (χ0v) is 10.8. The Labute approximate surface area is 112 Å². The molecular weight excluding hydrogens is 288 g/mol. The molecule has 0 heterocycles. The smallest absolute Gasteiger partial charge is 0.367 e. The summed E-state index contributed by atoms with van der Waals surface area (Å²) in [5.74, 6) is -5.30. The zero-order chi connectivity index (χ0) is 15.6. The van der Waals surface area contributed by atoms with Crippen LogP contribution < -0.4 is 5.73 Å². The van der Waals surface area contributed by atoms with Gasteiger partial charge in [0.05, 0.1) is 0 Å². The molecule has 0 bridgehead atoms. The molecule has 1 aliphatic carbocycles. The molecule has 1 rings (SSSR count). The lowest BCUT2D eigenvalue weighted by Gasteiger charge is -2.36. The molecule has 1 aliphatic rings. The number of amides is 1. The average molecular weight is 305 g/mol. The average Bonchev–Trinajstić information content (AvgIpc) is 2.26. The minimum atomic E-state index is -4.45. The third-order valence-corrected chi connectivity index (χ3v) is 3.77. The molecule has 0 spiro atoms. The largest absolute Gasteiger partial charge is 0.389 e. The van der Waals surface area contributed by atoms with Gasteiger partial charge in [0.1, 0.15) is 0 Å². The normalized spacial score (nSPS) is 23.3. The Kier molecular flexibility index (Phi) is 4.97. The van der Waals surface area contributed by atoms with Crippen LogP contribution in [-0.2, 0) is 4.79 Å². The number of carbonyl (C=O) groups excluding carboxylic acids is 1. The molecule has 2 N–H and O–H groups in total. The minimum absolute atomic E-state index is 0.252. The van der Waals surface area contributed by atoms with Gasteiger partial charge in [-0.1, -0.05) is 0 Å². The van der Waals surface area contributed by atoms with Crippen molar-refractivity contribution >= 4 is 5.91 Å². The van der Waals surface area contributed by atoms with Crippen LogP contribution in [0.2, 0.25) is 0 Å². The molecule has 1 amide bonds. The molecule has 0 aromatic carbocycles. The Balaban J connectivity index is 2.65. The van der Waals surface area contributed by atoms with Crippen molar-refractivity contribution in [2.24, 2.45) is 11.7 Å². The molecule has 0 aliphatic heterocycles. The van der Waals surface area contributed by atoms with E-state index in [0.717, 1.165) is 0 Å². The van der Waals surface area contributed by atoms with E-state index in [0.29, 0.717) is 0 Å². The van der Waals surface area contributed by atoms with Crippen LogP contribution in [0.4, 0.5) is 26.3 Å². The van der Waals surface area contributed by atoms with Crippen molar-refractivity contribution in [3.8, 4) is 0 Å². The fraction of sp³-hybridized carbons (Fsp3) is 0.917. The van der Waals surface area contributed by atoms with Crippen molar-refractivity contribution in [3.05, 3.63) is 0 Å². The zero-order valence-electron chi connectivity index (χ0n) is 10.8. The van der Waals surface area contributed by atoms with Crippen LogP contribution in [-0.4, -0.2) is 23.7 Å². The molecule has 0 aromatic rings. The number of halogens is 6. The molecule has 118 valence electrons. The molecule has 0 saturated heterocycles. The highest BCUT2D eigenvalue weighted by molar-refractivity contribution is 5.83. The maximum atomic E-state index is 14.5. The Morgan fingerprint density at radius 3 is 2.00 bits per heavy atom. The molecule has 1 fully saturated rings. The number of rotatable bonds is 5. The van der Waals surface area contributed by atoms with Crippen LogP contribution in [0.5, 0.6) is 0 Å². The maximum Gasteiger partial charge on any atom is 0.389 e. The van der Waals surface area contributed by atoms with Gasteiger partial charge in [-0.2, -0.15) is 13.2 Å². The van der Waals surface area contributed by atoms with E-state index < -0.39 is 61.7 Å². The molecule has 2 nitrogen and oxygen atoms in total. The number of primary amides is 1. The topological polar surface area (TPSA) is 43.1 Å². The van der Waals surface area contributed by atoms with E-state index in [9.17, 15) is 31.1 Å². The summed E-state index contributed by atoms with van der Waals surface area (Å²) in [5, 5.41) is 0. The van der Waals surface area contributed by atoms with Crippen LogP contribution in [0.25, 0.3) is 0 Å². The van der Waals surface area contributed by atoms with E-state index in [1.165, 1.54) is 0 Å². The lowest BCUT2D eigenvalue weighted by Crippen LogP contribution is -2.48. The number of nitrogens with two attached hydrogens (primary N) is 1. The van der Waals surface area contributed by atoms with E-state index >= 15 is 0 Å². The first-order chi connectivity index (χ1) is 8.96. The number of hydrogen-bond donors (Lipinski definition) is 1. The van der Waals surface area contributed by atoms with Gasteiger partial charge in [-0.25, -0.2) is 13.2 Å². The van der Waals surface area contributed by atoms with Crippen molar-refractivity contribution in [2.75, 3.05) is 0 Å². The first kappa shape index (κ1) is 17.1. The number of hydrogen-bond acceptors (Lipinski definition) is 1. The third-order valence-electron chi connectivity index (χ3n) is 3.77. The van der Waals surface area contributed by atoms with E-state index in [4.69, 9.17) is 5.73 Å². The van der Waals surface area contributed by atoms with Crippen molar-refractivity contribution < 1.29 is 31.1 Å². The van der Waals surface area contributed by atoms with Gasteiger partial charge in [0.25, 0.3) is 5.91 Å². The standard InChI is InChI=1S/C12H17F6NO/c13-10(14)6-2-8(3-7-10)11(15,9(19)20)4-1-5-12(16,17)18/h8H,1-7H2,(H2,19,20). The summed E-state index contributed by atoms with van der Waals surface area (Å²) in [6, 6.07) is 0. The van der Waals surface area contributed by atoms with E-state index in [2.05, 4.69) is 0 Å². The number of carbonyl (C=O) groups is 1. The molecule has 0 radical (unpaired) electrons. The molecule has 0 aromatic heterocycles. The van der Waals surface area contributed by atoms with Crippen LogP contribution in [0, 0.1) is 5.92 Å². The molecular formula is C12H17F6NO. The highest BCUT2D eigenvalue weighted by Crippen LogP contribution is 2.44. The van der Waals surface area contributed by atoms with Crippen molar-refractivity contribution in [1.82, 2.24) is 0 Å². The van der Waals surface area contributed by atoms with E-state index in [1.807, 2.05) is 0 Å². The van der Waals surface area contributed by atoms with Gasteiger partial charge in [0.2, 0.25) is 5.92 Å². The quantitative estimate of drug-likeness (QED) is 0.773. The second kappa shape index (κ2) is 5.81. The maximum absolute atomic E-state index is 14.5. The summed E-state index contributed by atoms with van der Waals surface area (Å²) in [5.41, 5.74) is 2.30. The Hall–Kier alpha value is -0.950. The molecule has 1 saturated carbocycles. The molecule has 8 heteroatoms. The van der Waals surface area contributed by atoms with Gasteiger partial charge < -0.3 is 5.73 Å². The van der Waals surface area contributed by atoms with Gasteiger partial charge in [-0.3, -0.25) is 4.79 Å². The van der Waals surface area contributed by atoms with Crippen molar-refractivity contribution in [3.63, 3.8) is 0 Å². The van der Waals surface area contributed by atoms with Crippen molar-refractivity contribution in [2.45, 2.75) is 62.7 Å². The van der Waals surface area contributed by atoms with Gasteiger partial charge in [-0.05, 0) is 25.7 Å². The fourth-order valence-electron chi connectivity index (χ4n) is 2.57. The van der Waals surface area contributed by atoms with Gasteiger partial charge >= 0.3 is 6.18 Å². The van der Waals surface area contributed by atoms with E-state index in [1.54, 1.807) is 0 Å². The highest BCUT2D eigenvalue weighted by atomic mass is 19.4.